The van der Waals surface area contributed by atoms with Crippen LogP contribution in [0.15, 0.2) is 30.6 Å². The van der Waals surface area contributed by atoms with Gasteiger partial charge in [-0.05, 0) is 50.2 Å². The third-order valence-corrected chi connectivity index (χ3v) is 9.64. The summed E-state index contributed by atoms with van der Waals surface area (Å²) in [5.41, 5.74) is 0.909. The molecule has 2 saturated carbocycles. The number of nitrogens with one attached hydrogen (secondary N) is 1. The third kappa shape index (κ3) is 4.69. The van der Waals surface area contributed by atoms with Crippen molar-refractivity contribution in [1.29, 1.82) is 0 Å². The Labute approximate surface area is 226 Å². The maximum absolute atomic E-state index is 13.6. The van der Waals surface area contributed by atoms with Gasteiger partial charge in [-0.2, -0.15) is 0 Å². The number of rotatable bonds is 10. The minimum Gasteiger partial charge on any atom is -0.494 e. The smallest absolute Gasteiger partial charge is 0.243 e. The molecule has 204 valence electrons. The summed E-state index contributed by atoms with van der Waals surface area (Å²) in [5, 5.41) is 8.02. The summed E-state index contributed by atoms with van der Waals surface area (Å²) < 4.78 is 48.4. The Morgan fingerprint density at radius 1 is 1.08 bits per heavy atom. The van der Waals surface area contributed by atoms with Gasteiger partial charge in [0.25, 0.3) is 0 Å². The summed E-state index contributed by atoms with van der Waals surface area (Å²) in [6.45, 7) is 1.52. The molecule has 0 radical (unpaired) electrons. The molecule has 0 bridgehead atoms. The molecule has 2 aromatic heterocycles. The van der Waals surface area contributed by atoms with Crippen molar-refractivity contribution >= 4 is 27.6 Å². The second-order valence-corrected chi connectivity index (χ2v) is 12.4. The number of ether oxygens (including phenoxy) is 3. The lowest BCUT2D eigenvalue weighted by Crippen LogP contribution is -2.42. The number of nitrogens with zero attached hydrogens (tertiary/aromatic N) is 5. The van der Waals surface area contributed by atoms with Crippen LogP contribution in [0, 0.1) is 5.41 Å². The van der Waals surface area contributed by atoms with Gasteiger partial charge in [0, 0.05) is 25.4 Å². The fourth-order valence-corrected chi connectivity index (χ4v) is 6.74. The van der Waals surface area contributed by atoms with E-state index in [1.807, 2.05) is 0 Å². The van der Waals surface area contributed by atoms with Gasteiger partial charge < -0.3 is 14.2 Å². The van der Waals surface area contributed by atoms with Crippen molar-refractivity contribution in [3.63, 3.8) is 0 Å². The standard InChI is InChI=1S/C25H31ClN6O5S/c1-15(21(37-4)22-27-13-17(26)14-28-22)38(33,34)31-24-30-29-23(16-11-25(12-16)9-6-10-25)32(24)20-18(35-2)7-5-8-19(20)36-3/h5,7-8,13-16,21H,6,9-12H2,1-4H3,(H,30,31)/t15-,21-/m0/s1. The first-order valence-electron chi connectivity index (χ1n) is 12.4. The number of aromatic nitrogens is 5. The number of methoxy groups -OCH3 is 3. The fourth-order valence-electron chi connectivity index (χ4n) is 5.51. The number of hydrogen-bond donors (Lipinski definition) is 1. The Balaban J connectivity index is 1.53. The summed E-state index contributed by atoms with van der Waals surface area (Å²) in [7, 11) is 0.445. The van der Waals surface area contributed by atoms with Gasteiger partial charge in [-0.1, -0.05) is 24.1 Å². The van der Waals surface area contributed by atoms with Crippen molar-refractivity contribution in [2.45, 2.75) is 56.3 Å². The molecule has 1 spiro atoms. The van der Waals surface area contributed by atoms with Gasteiger partial charge in [0.05, 0.1) is 19.2 Å². The topological polar surface area (TPSA) is 130 Å². The molecule has 38 heavy (non-hydrogen) atoms. The highest BCUT2D eigenvalue weighted by Gasteiger charge is 2.50. The van der Waals surface area contributed by atoms with Crippen molar-refractivity contribution in [3.05, 3.63) is 47.3 Å². The molecule has 0 saturated heterocycles. The van der Waals surface area contributed by atoms with Gasteiger partial charge in [0.1, 0.15) is 34.4 Å². The highest BCUT2D eigenvalue weighted by molar-refractivity contribution is 7.93. The summed E-state index contributed by atoms with van der Waals surface area (Å²) in [5.74, 6) is 2.05. The molecule has 13 heteroatoms. The van der Waals surface area contributed by atoms with E-state index < -0.39 is 21.4 Å². The summed E-state index contributed by atoms with van der Waals surface area (Å²) in [4.78, 5) is 8.30. The van der Waals surface area contributed by atoms with Gasteiger partial charge in [-0.3, -0.25) is 9.29 Å². The van der Waals surface area contributed by atoms with Crippen LogP contribution in [-0.4, -0.2) is 59.7 Å². The predicted molar refractivity (Wildman–Crippen MR) is 142 cm³/mol. The maximum Gasteiger partial charge on any atom is 0.243 e. The molecule has 0 amide bonds. The number of anilines is 1. The van der Waals surface area contributed by atoms with E-state index in [2.05, 4.69) is 24.9 Å². The second kappa shape index (κ2) is 10.3. The van der Waals surface area contributed by atoms with Gasteiger partial charge >= 0.3 is 0 Å². The van der Waals surface area contributed by atoms with Crippen LogP contribution in [-0.2, 0) is 14.8 Å². The number of hydrogen-bond acceptors (Lipinski definition) is 9. The first-order chi connectivity index (χ1) is 18.2. The van der Waals surface area contributed by atoms with Crippen LogP contribution in [0.1, 0.15) is 62.7 Å². The van der Waals surface area contributed by atoms with Crippen molar-refractivity contribution in [3.8, 4) is 17.2 Å². The van der Waals surface area contributed by atoms with Gasteiger partial charge in [-0.25, -0.2) is 18.4 Å². The molecule has 2 heterocycles. The van der Waals surface area contributed by atoms with Crippen molar-refractivity contribution < 1.29 is 22.6 Å². The SMILES string of the molecule is COc1cccc(OC)c1-n1c(NS(=O)(=O)[C@@H](C)[C@H](OC)c2ncc(Cl)cn2)nnc1C1CC2(CCC2)C1. The van der Waals surface area contributed by atoms with Crippen molar-refractivity contribution in [2.75, 3.05) is 26.1 Å². The number of sulfonamides is 1. The monoisotopic (exact) mass is 562 g/mol. The lowest BCUT2D eigenvalue weighted by Gasteiger charge is -2.53. The van der Waals surface area contributed by atoms with Crippen LogP contribution < -0.4 is 14.2 Å². The van der Waals surface area contributed by atoms with Gasteiger partial charge in [-0.15, -0.1) is 10.2 Å². The lowest BCUT2D eigenvalue weighted by atomic mass is 9.51. The quantitative estimate of drug-likeness (QED) is 0.384. The summed E-state index contributed by atoms with van der Waals surface area (Å²) in [6, 6.07) is 5.38. The second-order valence-electron chi connectivity index (χ2n) is 9.96. The number of benzene rings is 1. The Morgan fingerprint density at radius 3 is 2.24 bits per heavy atom. The molecule has 0 aliphatic heterocycles. The maximum atomic E-state index is 13.6. The van der Waals surface area contributed by atoms with Crippen LogP contribution in [0.5, 0.6) is 11.5 Å². The molecular weight excluding hydrogens is 532 g/mol. The van der Waals surface area contributed by atoms with Crippen LogP contribution in [0.25, 0.3) is 5.69 Å². The number of para-hydroxylation sites is 1. The molecule has 1 aromatic carbocycles. The van der Waals surface area contributed by atoms with E-state index in [4.69, 9.17) is 25.8 Å². The molecular formula is C25H31ClN6O5S. The highest BCUT2D eigenvalue weighted by atomic mass is 35.5. The molecule has 1 N–H and O–H groups in total. The minimum atomic E-state index is -4.06. The zero-order chi connectivity index (χ0) is 27.1. The molecule has 5 rings (SSSR count). The first kappa shape index (κ1) is 26.6. The zero-order valence-corrected chi connectivity index (χ0v) is 23.3. The average Bonchev–Trinajstić information content (AvgIpc) is 3.25. The molecule has 2 fully saturated rings. The largest absolute Gasteiger partial charge is 0.494 e. The van der Waals surface area contributed by atoms with E-state index in [1.54, 1.807) is 37.0 Å². The lowest BCUT2D eigenvalue weighted by molar-refractivity contribution is 0.00552. The van der Waals surface area contributed by atoms with E-state index in [0.717, 1.165) is 12.8 Å². The van der Waals surface area contributed by atoms with E-state index in [-0.39, 0.29) is 17.7 Å². The number of halogens is 1. The average molecular weight is 563 g/mol. The van der Waals surface area contributed by atoms with Crippen LogP contribution in [0.4, 0.5) is 5.95 Å². The van der Waals surface area contributed by atoms with Crippen LogP contribution in [0.3, 0.4) is 0 Å². The first-order valence-corrected chi connectivity index (χ1v) is 14.3. The van der Waals surface area contributed by atoms with Gasteiger partial charge in [0.15, 0.2) is 5.82 Å². The highest BCUT2D eigenvalue weighted by Crippen LogP contribution is 2.62. The Kier molecular flexibility index (Phi) is 7.23. The third-order valence-electron chi connectivity index (χ3n) is 7.75. The van der Waals surface area contributed by atoms with E-state index >= 15 is 0 Å². The van der Waals surface area contributed by atoms with Crippen LogP contribution in [0.2, 0.25) is 5.02 Å². The predicted octanol–water partition coefficient (Wildman–Crippen LogP) is 4.29. The van der Waals surface area contributed by atoms with Crippen molar-refractivity contribution in [1.82, 2.24) is 24.7 Å². The Hall–Kier alpha value is -2.96. The molecule has 0 unspecified atom stereocenters. The molecule has 3 aromatic rings. The fraction of sp³-hybridized carbons (Fsp3) is 0.520. The molecule has 2 atom stereocenters. The summed E-state index contributed by atoms with van der Waals surface area (Å²) >= 11 is 5.90. The Morgan fingerprint density at radius 2 is 1.71 bits per heavy atom. The van der Waals surface area contributed by atoms with Gasteiger partial charge in [0.2, 0.25) is 16.0 Å². The van der Waals surface area contributed by atoms with E-state index in [1.165, 1.54) is 45.7 Å². The minimum absolute atomic E-state index is 0.0380. The Bertz CT molecular complexity index is 1380. The van der Waals surface area contributed by atoms with Crippen LogP contribution >= 0.6 is 11.6 Å². The van der Waals surface area contributed by atoms with E-state index in [9.17, 15) is 8.42 Å². The van der Waals surface area contributed by atoms with Crippen molar-refractivity contribution in [2.24, 2.45) is 5.41 Å². The van der Waals surface area contributed by atoms with E-state index in [0.29, 0.717) is 33.4 Å². The molecule has 11 nitrogen and oxygen atoms in total. The summed E-state index contributed by atoms with van der Waals surface area (Å²) in [6.07, 6.45) is 7.51. The molecule has 2 aliphatic rings. The molecule has 2 aliphatic carbocycles. The normalized spacial score (nSPS) is 18.3. The zero-order valence-electron chi connectivity index (χ0n) is 21.7.